The Morgan fingerprint density at radius 3 is 2.46 bits per heavy atom. The highest BCUT2D eigenvalue weighted by atomic mass is 16.6. The summed E-state index contributed by atoms with van der Waals surface area (Å²) in [4.78, 5) is 26.9. The third-order valence-electron chi connectivity index (χ3n) is 8.72. The minimum absolute atomic E-state index is 0.0199. The molecule has 7 atom stereocenters. The molecular weight excluding hydrogens is 518 g/mol. The van der Waals surface area contributed by atoms with Crippen LogP contribution in [0.15, 0.2) is 48.1 Å². The van der Waals surface area contributed by atoms with Crippen molar-refractivity contribution in [3.63, 3.8) is 0 Å². The van der Waals surface area contributed by atoms with Crippen LogP contribution in [0.5, 0.6) is 0 Å². The summed E-state index contributed by atoms with van der Waals surface area (Å²) in [6.45, 7) is 8.35. The molecule has 4 bridgehead atoms. The number of amides is 1. The zero-order chi connectivity index (χ0) is 29.0. The second kappa shape index (κ2) is 16.3. The molecule has 0 aromatic heterocycles. The van der Waals surface area contributed by atoms with E-state index in [-0.39, 0.29) is 54.9 Å². The highest BCUT2D eigenvalue weighted by molar-refractivity contribution is 5.70. The van der Waals surface area contributed by atoms with Crippen molar-refractivity contribution in [3.05, 3.63) is 48.1 Å². The summed E-state index contributed by atoms with van der Waals surface area (Å²) in [5, 5.41) is 0. The van der Waals surface area contributed by atoms with Crippen molar-refractivity contribution in [1.29, 1.82) is 0 Å². The molecule has 0 spiro atoms. The summed E-state index contributed by atoms with van der Waals surface area (Å²) in [6, 6.07) is 0. The number of fused-ring (bicyclic) bond motifs is 4. The molecule has 0 aromatic carbocycles. The van der Waals surface area contributed by atoms with Crippen molar-refractivity contribution in [2.75, 3.05) is 19.7 Å². The quantitative estimate of drug-likeness (QED) is 0.152. The van der Waals surface area contributed by atoms with Gasteiger partial charge in [0.2, 0.25) is 0 Å². The number of hydrogen-bond donors (Lipinski definition) is 0. The van der Waals surface area contributed by atoms with Gasteiger partial charge in [-0.05, 0) is 76.7 Å². The number of cyclic esters (lactones) is 1. The normalized spacial score (nSPS) is 34.8. The van der Waals surface area contributed by atoms with Gasteiger partial charge < -0.3 is 23.8 Å². The molecule has 4 rings (SSSR count). The van der Waals surface area contributed by atoms with Crippen molar-refractivity contribution < 1.29 is 28.5 Å². The molecule has 4 aliphatic heterocycles. The third-order valence-corrected chi connectivity index (χ3v) is 8.72. The number of hydrogen-bond acceptors (Lipinski definition) is 6. The van der Waals surface area contributed by atoms with Crippen LogP contribution in [0.1, 0.15) is 91.4 Å². The van der Waals surface area contributed by atoms with Gasteiger partial charge in [-0.3, -0.25) is 4.79 Å². The van der Waals surface area contributed by atoms with Crippen LogP contribution in [-0.2, 0) is 23.7 Å². The molecular formula is C34H51NO6. The van der Waals surface area contributed by atoms with Crippen LogP contribution < -0.4 is 0 Å². The van der Waals surface area contributed by atoms with E-state index >= 15 is 0 Å². The maximum atomic E-state index is 13.1. The molecule has 7 nitrogen and oxygen atoms in total. The smallest absolute Gasteiger partial charge is 0.409 e. The van der Waals surface area contributed by atoms with E-state index in [0.29, 0.717) is 18.9 Å². The lowest BCUT2D eigenvalue weighted by atomic mass is 9.90. The Hall–Kier alpha value is -2.38. The van der Waals surface area contributed by atoms with E-state index in [1.54, 1.807) is 4.90 Å². The Kier molecular flexibility index (Phi) is 12.6. The van der Waals surface area contributed by atoms with Crippen LogP contribution in [0.3, 0.4) is 0 Å². The maximum Gasteiger partial charge on any atom is 0.409 e. The highest BCUT2D eigenvalue weighted by Gasteiger charge is 2.32. The maximum absolute atomic E-state index is 13.1. The van der Waals surface area contributed by atoms with Crippen LogP contribution in [0, 0.1) is 11.8 Å². The van der Waals surface area contributed by atoms with Gasteiger partial charge in [0.05, 0.1) is 37.4 Å². The first-order valence-corrected chi connectivity index (χ1v) is 16.0. The SMILES string of the molecule is CC=C1CC2CC(=O)OC(C=CC=CCCOC(=O)N3CCCC3)C(C)C=CC(C)CC3CCCC(CC(C1)O2)O3. The first-order chi connectivity index (χ1) is 19.9. The number of rotatable bonds is 5. The Bertz CT molecular complexity index is 964. The van der Waals surface area contributed by atoms with E-state index in [9.17, 15) is 9.59 Å². The minimum atomic E-state index is -0.382. The first kappa shape index (κ1) is 31.6. The third kappa shape index (κ3) is 10.4. The fourth-order valence-electron chi connectivity index (χ4n) is 6.38. The number of ether oxygens (including phenoxy) is 4. The van der Waals surface area contributed by atoms with E-state index in [4.69, 9.17) is 18.9 Å². The fraction of sp³-hybridized carbons (Fsp3) is 0.706. The van der Waals surface area contributed by atoms with E-state index in [1.165, 1.54) is 12.0 Å². The number of esters is 1. The van der Waals surface area contributed by atoms with E-state index in [1.807, 2.05) is 24.3 Å². The molecule has 0 aromatic rings. The predicted molar refractivity (Wildman–Crippen MR) is 160 cm³/mol. The van der Waals surface area contributed by atoms with Crippen molar-refractivity contribution in [2.45, 2.75) is 122 Å². The number of carbonyl (C=O) groups excluding carboxylic acids is 2. The van der Waals surface area contributed by atoms with E-state index in [2.05, 4.69) is 39.0 Å². The average molecular weight is 570 g/mol. The molecule has 3 fully saturated rings. The molecule has 4 heterocycles. The largest absolute Gasteiger partial charge is 0.457 e. The highest BCUT2D eigenvalue weighted by Crippen LogP contribution is 2.33. The van der Waals surface area contributed by atoms with E-state index in [0.717, 1.165) is 64.5 Å². The second-order valence-electron chi connectivity index (χ2n) is 12.3. The Morgan fingerprint density at radius 2 is 1.68 bits per heavy atom. The van der Waals surface area contributed by atoms with Crippen LogP contribution >= 0.6 is 0 Å². The van der Waals surface area contributed by atoms with Gasteiger partial charge in [-0.1, -0.05) is 55.9 Å². The van der Waals surface area contributed by atoms with Crippen LogP contribution in [-0.4, -0.2) is 67.2 Å². The summed E-state index contributed by atoms with van der Waals surface area (Å²) in [5.41, 5.74) is 1.35. The molecule has 41 heavy (non-hydrogen) atoms. The van der Waals surface area contributed by atoms with Crippen molar-refractivity contribution >= 4 is 12.1 Å². The number of carbonyl (C=O) groups is 2. The molecule has 228 valence electrons. The number of nitrogens with zero attached hydrogens (tertiary/aromatic N) is 1. The summed E-state index contributed by atoms with van der Waals surface area (Å²) in [7, 11) is 0. The monoisotopic (exact) mass is 569 g/mol. The van der Waals surface area contributed by atoms with Gasteiger partial charge in [-0.2, -0.15) is 0 Å². The zero-order valence-corrected chi connectivity index (χ0v) is 25.4. The topological polar surface area (TPSA) is 74.3 Å². The predicted octanol–water partition coefficient (Wildman–Crippen LogP) is 7.08. The summed E-state index contributed by atoms with van der Waals surface area (Å²) in [5.74, 6) is 0.169. The lowest BCUT2D eigenvalue weighted by Gasteiger charge is -2.37. The Morgan fingerprint density at radius 1 is 0.951 bits per heavy atom. The summed E-state index contributed by atoms with van der Waals surface area (Å²) < 4.78 is 24.4. The minimum Gasteiger partial charge on any atom is -0.457 e. The van der Waals surface area contributed by atoms with Crippen LogP contribution in [0.25, 0.3) is 0 Å². The second-order valence-corrected chi connectivity index (χ2v) is 12.3. The molecule has 1 amide bonds. The van der Waals surface area contributed by atoms with Crippen molar-refractivity contribution in [2.24, 2.45) is 11.8 Å². The van der Waals surface area contributed by atoms with Crippen molar-refractivity contribution in [1.82, 2.24) is 4.90 Å². The molecule has 3 saturated heterocycles. The van der Waals surface area contributed by atoms with Gasteiger partial charge in [0, 0.05) is 25.4 Å². The first-order valence-electron chi connectivity index (χ1n) is 16.0. The lowest BCUT2D eigenvalue weighted by molar-refractivity contribution is -0.154. The molecule has 0 saturated carbocycles. The van der Waals surface area contributed by atoms with Crippen molar-refractivity contribution in [3.8, 4) is 0 Å². The van der Waals surface area contributed by atoms with Crippen LogP contribution in [0.2, 0.25) is 0 Å². The Labute approximate surface area is 247 Å². The molecule has 7 heteroatoms. The molecule has 0 aliphatic carbocycles. The summed E-state index contributed by atoms with van der Waals surface area (Å²) >= 11 is 0. The van der Waals surface area contributed by atoms with Gasteiger partial charge in [-0.15, -0.1) is 0 Å². The van der Waals surface area contributed by atoms with Gasteiger partial charge in [0.15, 0.2) is 0 Å². The zero-order valence-electron chi connectivity index (χ0n) is 25.4. The average Bonchev–Trinajstić information content (AvgIpc) is 3.49. The number of likely N-dealkylation sites (tertiary alicyclic amines) is 1. The molecule has 4 aliphatic rings. The van der Waals surface area contributed by atoms with Gasteiger partial charge in [-0.25, -0.2) is 4.79 Å². The lowest BCUT2D eigenvalue weighted by Crippen LogP contribution is -2.37. The molecule has 0 N–H and O–H groups in total. The summed E-state index contributed by atoms with van der Waals surface area (Å²) in [6.07, 6.45) is 24.2. The van der Waals surface area contributed by atoms with Gasteiger partial charge in [0.1, 0.15) is 6.10 Å². The fourth-order valence-corrected chi connectivity index (χ4v) is 6.38. The standard InChI is InChI=1S/C34H51NO6/c1-4-27-21-30-23-29-13-11-12-28(39-29)20-25(2)15-16-26(3)32(41-33(36)24-31(22-27)40-30)14-7-5-6-10-19-38-34(37)35-17-8-9-18-35/h4-7,14-16,25-26,28-32H,8-13,17-24H2,1-3H3. The van der Waals surface area contributed by atoms with Gasteiger partial charge >= 0.3 is 12.1 Å². The van der Waals surface area contributed by atoms with Gasteiger partial charge in [0.25, 0.3) is 0 Å². The van der Waals surface area contributed by atoms with Crippen LogP contribution in [0.4, 0.5) is 4.79 Å². The molecule has 7 unspecified atom stereocenters. The Balaban J connectivity index is 1.38. The number of allylic oxidation sites excluding steroid dienone is 4. The van der Waals surface area contributed by atoms with E-state index < -0.39 is 0 Å². The molecule has 0 radical (unpaired) electrons.